The van der Waals surface area contributed by atoms with Gasteiger partial charge in [0.1, 0.15) is 4.88 Å². The molecule has 0 saturated carbocycles. The third-order valence-electron chi connectivity index (χ3n) is 2.78. The summed E-state index contributed by atoms with van der Waals surface area (Å²) in [6.07, 6.45) is 0.733. The molecule has 0 aliphatic rings. The largest absolute Gasteiger partial charge is 0.465 e. The Labute approximate surface area is 105 Å². The lowest BCUT2D eigenvalue weighted by Gasteiger charge is -2.21. The molecule has 0 aromatic carbocycles. The first-order valence-electron chi connectivity index (χ1n) is 5.39. The van der Waals surface area contributed by atoms with Gasteiger partial charge in [-0.15, -0.1) is 11.3 Å². The first-order valence-corrected chi connectivity index (χ1v) is 6.27. The van der Waals surface area contributed by atoms with Crippen molar-refractivity contribution >= 4 is 28.9 Å². The molecule has 1 rings (SSSR count). The molecule has 0 unspecified atom stereocenters. The van der Waals surface area contributed by atoms with E-state index in [4.69, 9.17) is 0 Å². The molecule has 0 aliphatic heterocycles. The van der Waals surface area contributed by atoms with Crippen LogP contribution in [-0.2, 0) is 9.53 Å². The highest BCUT2D eigenvalue weighted by molar-refractivity contribution is 7.12. The standard InChI is InChI=1S/C12H17NO3S/c1-5-12(2,3)11(15)13-8-6-7-17-9(8)10(14)16-4/h6-7H,5H2,1-4H3,(H,13,15). The van der Waals surface area contributed by atoms with E-state index in [0.29, 0.717) is 10.6 Å². The predicted molar refractivity (Wildman–Crippen MR) is 68.4 cm³/mol. The number of esters is 1. The molecule has 1 aromatic rings. The molecule has 0 saturated heterocycles. The van der Waals surface area contributed by atoms with Gasteiger partial charge in [-0.25, -0.2) is 4.79 Å². The number of hydrogen-bond donors (Lipinski definition) is 1. The van der Waals surface area contributed by atoms with Gasteiger partial charge in [0.15, 0.2) is 0 Å². The number of methoxy groups -OCH3 is 1. The molecule has 0 spiro atoms. The highest BCUT2D eigenvalue weighted by atomic mass is 32.1. The number of ether oxygens (including phenoxy) is 1. The minimum Gasteiger partial charge on any atom is -0.465 e. The third kappa shape index (κ3) is 3.06. The van der Waals surface area contributed by atoms with E-state index in [1.54, 1.807) is 11.4 Å². The van der Waals surface area contributed by atoms with Crippen molar-refractivity contribution in [1.29, 1.82) is 0 Å². The summed E-state index contributed by atoms with van der Waals surface area (Å²) < 4.78 is 4.65. The zero-order chi connectivity index (χ0) is 13.1. The molecule has 1 amide bonds. The average molecular weight is 255 g/mol. The molecule has 0 fully saturated rings. The van der Waals surface area contributed by atoms with Crippen LogP contribution >= 0.6 is 11.3 Å². The van der Waals surface area contributed by atoms with Crippen LogP contribution in [0.1, 0.15) is 36.9 Å². The second kappa shape index (κ2) is 5.31. The lowest BCUT2D eigenvalue weighted by molar-refractivity contribution is -0.124. The predicted octanol–water partition coefficient (Wildman–Crippen LogP) is 2.91. The number of thiophene rings is 1. The molecule has 4 nitrogen and oxygen atoms in total. The Morgan fingerprint density at radius 3 is 2.65 bits per heavy atom. The fourth-order valence-electron chi connectivity index (χ4n) is 1.11. The minimum absolute atomic E-state index is 0.0939. The van der Waals surface area contributed by atoms with E-state index in [9.17, 15) is 9.59 Å². The topological polar surface area (TPSA) is 55.4 Å². The molecule has 1 N–H and O–H groups in total. The van der Waals surface area contributed by atoms with Crippen molar-refractivity contribution in [3.8, 4) is 0 Å². The van der Waals surface area contributed by atoms with Crippen LogP contribution in [0.25, 0.3) is 0 Å². The van der Waals surface area contributed by atoms with Gasteiger partial charge in [-0.1, -0.05) is 20.8 Å². The number of amides is 1. The second-order valence-electron chi connectivity index (χ2n) is 4.35. The molecule has 17 heavy (non-hydrogen) atoms. The van der Waals surface area contributed by atoms with Crippen molar-refractivity contribution < 1.29 is 14.3 Å². The maximum Gasteiger partial charge on any atom is 0.350 e. The Hall–Kier alpha value is -1.36. The summed E-state index contributed by atoms with van der Waals surface area (Å²) in [4.78, 5) is 23.8. The molecule has 5 heteroatoms. The fraction of sp³-hybridized carbons (Fsp3) is 0.500. The minimum atomic E-state index is -0.449. The van der Waals surface area contributed by atoms with Crippen molar-refractivity contribution in [2.45, 2.75) is 27.2 Å². The molecule has 0 aliphatic carbocycles. The number of carbonyl (C=O) groups excluding carboxylic acids is 2. The van der Waals surface area contributed by atoms with Crippen LogP contribution in [0.2, 0.25) is 0 Å². The molecular weight excluding hydrogens is 238 g/mol. The fourth-order valence-corrected chi connectivity index (χ4v) is 1.88. The summed E-state index contributed by atoms with van der Waals surface area (Å²) in [5, 5.41) is 4.52. The van der Waals surface area contributed by atoms with E-state index >= 15 is 0 Å². The van der Waals surface area contributed by atoms with Crippen LogP contribution in [0.5, 0.6) is 0 Å². The van der Waals surface area contributed by atoms with Crippen LogP contribution < -0.4 is 5.32 Å². The molecule has 1 aromatic heterocycles. The zero-order valence-electron chi connectivity index (χ0n) is 10.5. The van der Waals surface area contributed by atoms with Crippen molar-refractivity contribution in [1.82, 2.24) is 0 Å². The highest BCUT2D eigenvalue weighted by Crippen LogP contribution is 2.27. The van der Waals surface area contributed by atoms with Crippen LogP contribution in [0.15, 0.2) is 11.4 Å². The Bertz CT molecular complexity index is 423. The number of hydrogen-bond acceptors (Lipinski definition) is 4. The Morgan fingerprint density at radius 1 is 1.47 bits per heavy atom. The summed E-state index contributed by atoms with van der Waals surface area (Å²) in [6, 6.07) is 1.71. The first-order chi connectivity index (χ1) is 7.92. The third-order valence-corrected chi connectivity index (χ3v) is 3.68. The van der Waals surface area contributed by atoms with Crippen LogP contribution in [0.3, 0.4) is 0 Å². The Morgan fingerprint density at radius 2 is 2.12 bits per heavy atom. The van der Waals surface area contributed by atoms with Gasteiger partial charge < -0.3 is 10.1 Å². The molecule has 0 radical (unpaired) electrons. The summed E-state index contributed by atoms with van der Waals surface area (Å²) in [6.45, 7) is 5.69. The van der Waals surface area contributed by atoms with E-state index < -0.39 is 11.4 Å². The Kier molecular flexibility index (Phi) is 4.28. The number of nitrogens with one attached hydrogen (secondary N) is 1. The monoisotopic (exact) mass is 255 g/mol. The first kappa shape index (κ1) is 13.7. The van der Waals surface area contributed by atoms with Gasteiger partial charge in [0.2, 0.25) is 5.91 Å². The number of carbonyl (C=O) groups is 2. The van der Waals surface area contributed by atoms with Crippen molar-refractivity contribution in [3.05, 3.63) is 16.3 Å². The normalized spacial score (nSPS) is 11.1. The quantitative estimate of drug-likeness (QED) is 0.842. The molecule has 0 atom stereocenters. The van der Waals surface area contributed by atoms with Crippen LogP contribution in [0, 0.1) is 5.41 Å². The highest BCUT2D eigenvalue weighted by Gasteiger charge is 2.27. The summed E-state index contributed by atoms with van der Waals surface area (Å²) in [5.74, 6) is -0.520. The van der Waals surface area contributed by atoms with Gasteiger partial charge in [-0.3, -0.25) is 4.79 Å². The number of anilines is 1. The van der Waals surface area contributed by atoms with Crippen LogP contribution in [0.4, 0.5) is 5.69 Å². The van der Waals surface area contributed by atoms with E-state index in [2.05, 4.69) is 10.1 Å². The van der Waals surface area contributed by atoms with Gasteiger partial charge in [0, 0.05) is 5.41 Å². The average Bonchev–Trinajstić information content (AvgIpc) is 2.76. The molecule has 1 heterocycles. The number of rotatable bonds is 4. The summed E-state index contributed by atoms with van der Waals surface area (Å²) >= 11 is 1.25. The summed E-state index contributed by atoms with van der Waals surface area (Å²) in [5.41, 5.74) is 0.0726. The van der Waals surface area contributed by atoms with Crippen molar-refractivity contribution in [2.75, 3.05) is 12.4 Å². The van der Waals surface area contributed by atoms with E-state index in [0.717, 1.165) is 6.42 Å². The van der Waals surface area contributed by atoms with Crippen molar-refractivity contribution in [2.24, 2.45) is 5.41 Å². The maximum atomic E-state index is 12.0. The van der Waals surface area contributed by atoms with E-state index in [-0.39, 0.29) is 5.91 Å². The SMILES string of the molecule is CCC(C)(C)C(=O)Nc1ccsc1C(=O)OC. The Balaban J connectivity index is 2.86. The lowest BCUT2D eigenvalue weighted by atomic mass is 9.89. The molecule has 94 valence electrons. The summed E-state index contributed by atoms with van der Waals surface area (Å²) in [7, 11) is 1.32. The van der Waals surface area contributed by atoms with E-state index in [1.165, 1.54) is 18.4 Å². The zero-order valence-corrected chi connectivity index (χ0v) is 11.3. The molecular formula is C12H17NO3S. The maximum absolute atomic E-state index is 12.0. The van der Waals surface area contributed by atoms with Gasteiger partial charge in [0.05, 0.1) is 12.8 Å². The molecule has 0 bridgehead atoms. The van der Waals surface area contributed by atoms with Gasteiger partial charge in [-0.2, -0.15) is 0 Å². The lowest BCUT2D eigenvalue weighted by Crippen LogP contribution is -2.30. The van der Waals surface area contributed by atoms with E-state index in [1.807, 2.05) is 20.8 Å². The van der Waals surface area contributed by atoms with Crippen molar-refractivity contribution in [3.63, 3.8) is 0 Å². The van der Waals surface area contributed by atoms with Gasteiger partial charge in [-0.05, 0) is 17.9 Å². The van der Waals surface area contributed by atoms with Gasteiger partial charge >= 0.3 is 5.97 Å². The second-order valence-corrected chi connectivity index (χ2v) is 5.26. The van der Waals surface area contributed by atoms with Crippen LogP contribution in [-0.4, -0.2) is 19.0 Å². The smallest absolute Gasteiger partial charge is 0.350 e. The van der Waals surface area contributed by atoms with Gasteiger partial charge in [0.25, 0.3) is 0 Å².